The van der Waals surface area contributed by atoms with Crippen LogP contribution in [0.25, 0.3) is 60.9 Å². The van der Waals surface area contributed by atoms with Crippen molar-refractivity contribution < 1.29 is 11.3 Å². The second-order valence-electron chi connectivity index (χ2n) is 15.3. The highest BCUT2D eigenvalue weighted by molar-refractivity contribution is 6.18. The van der Waals surface area contributed by atoms with E-state index in [9.17, 15) is 2.74 Å². The average Bonchev–Trinajstić information content (AvgIpc) is 4.00. The monoisotopic (exact) mass is 771 g/mol. The minimum absolute atomic E-state index is 0.0546. The van der Waals surface area contributed by atoms with Gasteiger partial charge in [0.25, 0.3) is 0 Å². The lowest BCUT2D eigenvalue weighted by Gasteiger charge is -2.35. The molecule has 9 aromatic carbocycles. The largest absolute Gasteiger partial charge is 0.453 e. The maximum Gasteiger partial charge on any atom is 0.161 e. The van der Waals surface area contributed by atoms with Gasteiger partial charge in [0, 0.05) is 39.1 Å². The summed E-state index contributed by atoms with van der Waals surface area (Å²) < 4.78 is 54.2. The minimum Gasteiger partial charge on any atom is -0.453 e. The summed E-state index contributed by atoms with van der Waals surface area (Å²) in [5, 5.41) is 1.97. The number of anilines is 3. The van der Waals surface area contributed by atoms with Crippen LogP contribution < -0.4 is 4.90 Å². The molecule has 282 valence electrons. The molecule has 12 rings (SSSR count). The number of nitrogens with zero attached hydrogens (tertiary/aromatic N) is 2. The topological polar surface area (TPSA) is 21.3 Å². The zero-order chi connectivity index (χ0) is 44.0. The van der Waals surface area contributed by atoms with Gasteiger partial charge in [0.15, 0.2) is 5.58 Å². The van der Waals surface area contributed by atoms with Crippen LogP contribution in [0.5, 0.6) is 0 Å². The Labute approximate surface area is 355 Å². The van der Waals surface area contributed by atoms with Gasteiger partial charge in [0.05, 0.1) is 17.8 Å². The molecule has 1 aliphatic carbocycles. The van der Waals surface area contributed by atoms with Gasteiger partial charge in [-0.3, -0.25) is 0 Å². The third-order valence-corrected chi connectivity index (χ3v) is 12.1. The van der Waals surface area contributed by atoms with E-state index < -0.39 is 23.5 Å². The first kappa shape index (κ1) is 29.4. The third kappa shape index (κ3) is 5.03. The Morgan fingerprint density at radius 2 is 1.07 bits per heavy atom. The molecule has 11 aromatic rings. The van der Waals surface area contributed by atoms with Crippen molar-refractivity contribution in [2.24, 2.45) is 0 Å². The van der Waals surface area contributed by atoms with Gasteiger partial charge in [-0.1, -0.05) is 164 Å². The molecule has 1 aliphatic rings. The zero-order valence-electron chi connectivity index (χ0n) is 37.4. The van der Waals surface area contributed by atoms with E-state index >= 15 is 0 Å². The predicted molar refractivity (Wildman–Crippen MR) is 248 cm³/mol. The van der Waals surface area contributed by atoms with E-state index in [-0.39, 0.29) is 17.8 Å². The summed E-state index contributed by atoms with van der Waals surface area (Å²) in [6, 6.07) is 66.7. The molecule has 3 heteroatoms. The van der Waals surface area contributed by atoms with E-state index in [4.69, 9.17) is 8.53 Å². The summed E-state index contributed by atoms with van der Waals surface area (Å²) in [4.78, 5) is 1.82. The van der Waals surface area contributed by atoms with Crippen molar-refractivity contribution >= 4 is 50.0 Å². The van der Waals surface area contributed by atoms with Crippen LogP contribution in [-0.4, -0.2) is 4.57 Å². The molecule has 2 heterocycles. The minimum atomic E-state index is -0.723. The predicted octanol–water partition coefficient (Wildman–Crippen LogP) is 15.0. The molecule has 0 unspecified atom stereocenters. The second-order valence-corrected chi connectivity index (χ2v) is 15.3. The first-order valence-electron chi connectivity index (χ1n) is 22.7. The van der Waals surface area contributed by atoms with Crippen molar-refractivity contribution in [1.82, 2.24) is 4.57 Å². The lowest BCUT2D eigenvalue weighted by Crippen LogP contribution is -2.28. The molecule has 0 N–H and O–H groups in total. The molecule has 0 radical (unpaired) electrons. The number of aromatic nitrogens is 1. The maximum absolute atomic E-state index is 9.37. The number of para-hydroxylation sites is 4. The van der Waals surface area contributed by atoms with Gasteiger partial charge in [0.1, 0.15) is 11.1 Å². The van der Waals surface area contributed by atoms with Crippen molar-refractivity contribution in [2.45, 2.75) is 5.41 Å². The molecule has 0 spiro atoms. The van der Waals surface area contributed by atoms with E-state index in [1.807, 2.05) is 83.8 Å². The number of rotatable bonds is 7. The standard InChI is InChI=1S/C57H38N2O/c1-5-20-40(21-6-1)57(41-22-7-2-8-23-41)51-33-15-13-29-47(51)48-36-35-45(38-52(48)57)58(42-24-9-3-10-25-42)44-28-17-19-39(37-44)46-31-18-32-50-54-56(60-55(46)50)49-30-14-16-34-53(49)59(54)43-26-11-4-12-27-43/h1-38H/i3D,9D,10D,24D,25D. The van der Waals surface area contributed by atoms with Gasteiger partial charge < -0.3 is 13.9 Å². The van der Waals surface area contributed by atoms with Gasteiger partial charge in [-0.05, 0) is 106 Å². The maximum atomic E-state index is 9.37. The van der Waals surface area contributed by atoms with Crippen molar-refractivity contribution in [2.75, 3.05) is 4.90 Å². The number of furan rings is 1. The molecular weight excluding hydrogens is 729 g/mol. The van der Waals surface area contributed by atoms with E-state index in [2.05, 4.69) is 126 Å². The highest BCUT2D eigenvalue weighted by Gasteiger charge is 2.46. The summed E-state index contributed by atoms with van der Waals surface area (Å²) in [7, 11) is 0. The van der Waals surface area contributed by atoms with Gasteiger partial charge in [-0.25, -0.2) is 0 Å². The van der Waals surface area contributed by atoms with Crippen LogP contribution in [0.3, 0.4) is 0 Å². The zero-order valence-corrected chi connectivity index (χ0v) is 32.4. The highest BCUT2D eigenvalue weighted by atomic mass is 16.3. The number of benzene rings is 9. The van der Waals surface area contributed by atoms with Crippen LogP contribution in [0.15, 0.2) is 235 Å². The summed E-state index contributed by atoms with van der Waals surface area (Å²) >= 11 is 0. The van der Waals surface area contributed by atoms with Gasteiger partial charge >= 0.3 is 0 Å². The van der Waals surface area contributed by atoms with Crippen LogP contribution in [-0.2, 0) is 5.41 Å². The van der Waals surface area contributed by atoms with Crippen LogP contribution >= 0.6 is 0 Å². The fourth-order valence-electron chi connectivity index (χ4n) is 9.71. The van der Waals surface area contributed by atoms with Crippen LogP contribution in [0.4, 0.5) is 17.1 Å². The van der Waals surface area contributed by atoms with Gasteiger partial charge in [-0.2, -0.15) is 0 Å². The quantitative estimate of drug-likeness (QED) is 0.161. The fourth-order valence-corrected chi connectivity index (χ4v) is 9.71. The molecular formula is C57H38N2O. The number of hydrogen-bond donors (Lipinski definition) is 0. The summed E-state index contributed by atoms with van der Waals surface area (Å²) in [6.45, 7) is 0. The Bertz CT molecular complexity index is 3610. The molecule has 0 atom stereocenters. The van der Waals surface area contributed by atoms with Gasteiger partial charge in [-0.15, -0.1) is 0 Å². The average molecular weight is 772 g/mol. The van der Waals surface area contributed by atoms with Gasteiger partial charge in [0.2, 0.25) is 0 Å². The lowest BCUT2D eigenvalue weighted by atomic mass is 9.67. The SMILES string of the molecule is [2H]c1c([2H])c([2H])c(N(c2cccc(-c3cccc4c3oc3c5ccccc5n(-c5ccccc5)c43)c2)c2ccc3c(c2)C(c2ccccc2)(c2ccccc2)c2ccccc2-3)c([2H])c1[2H]. The molecule has 3 nitrogen and oxygen atoms in total. The first-order valence-corrected chi connectivity index (χ1v) is 20.2. The Kier molecular flexibility index (Phi) is 6.66. The van der Waals surface area contributed by atoms with Crippen LogP contribution in [0.2, 0.25) is 0 Å². The Hall–Kier alpha value is -7.88. The first-order chi connectivity index (χ1) is 31.9. The molecule has 0 amide bonds. The summed E-state index contributed by atoms with van der Waals surface area (Å²) in [5.41, 5.74) is 13.4. The molecule has 2 aromatic heterocycles. The van der Waals surface area contributed by atoms with E-state index in [0.717, 1.165) is 83.2 Å². The Balaban J connectivity index is 1.11. The summed E-state index contributed by atoms with van der Waals surface area (Å²) in [5.74, 6) is 0. The van der Waals surface area contributed by atoms with E-state index in [0.29, 0.717) is 11.4 Å². The highest BCUT2D eigenvalue weighted by Crippen LogP contribution is 2.57. The molecule has 0 aliphatic heterocycles. The molecule has 0 fully saturated rings. The fraction of sp³-hybridized carbons (Fsp3) is 0.0175. The van der Waals surface area contributed by atoms with Crippen LogP contribution in [0, 0.1) is 0 Å². The van der Waals surface area contributed by atoms with Crippen molar-refractivity contribution in [3.05, 3.63) is 253 Å². The Morgan fingerprint density at radius 3 is 1.85 bits per heavy atom. The Morgan fingerprint density at radius 1 is 0.450 bits per heavy atom. The molecule has 0 bridgehead atoms. The molecule has 0 saturated carbocycles. The van der Waals surface area contributed by atoms with E-state index in [1.54, 1.807) is 0 Å². The normalized spacial score (nSPS) is 14.0. The third-order valence-electron chi connectivity index (χ3n) is 12.1. The molecule has 0 saturated heterocycles. The lowest BCUT2D eigenvalue weighted by molar-refractivity contribution is 0.674. The molecule has 60 heavy (non-hydrogen) atoms. The van der Waals surface area contributed by atoms with Crippen molar-refractivity contribution in [3.63, 3.8) is 0 Å². The number of fused-ring (bicyclic) bond motifs is 8. The van der Waals surface area contributed by atoms with Crippen molar-refractivity contribution in [3.8, 4) is 27.9 Å². The smallest absolute Gasteiger partial charge is 0.161 e. The number of hydrogen-bond acceptors (Lipinski definition) is 2. The van der Waals surface area contributed by atoms with Crippen LogP contribution in [0.1, 0.15) is 29.1 Å². The van der Waals surface area contributed by atoms with Crippen molar-refractivity contribution in [1.29, 1.82) is 0 Å². The second kappa shape index (κ2) is 13.6. The van der Waals surface area contributed by atoms with E-state index in [1.165, 1.54) is 0 Å². The summed E-state index contributed by atoms with van der Waals surface area (Å²) in [6.07, 6.45) is 0.